The second-order valence-electron chi connectivity index (χ2n) is 2.58. The van der Waals surface area contributed by atoms with Crippen LogP contribution in [-0.4, -0.2) is 18.8 Å². The van der Waals surface area contributed by atoms with Crippen LogP contribution in [0.4, 0.5) is 0 Å². The van der Waals surface area contributed by atoms with Crippen molar-refractivity contribution >= 4 is 11.6 Å². The average Bonchev–Trinajstić information content (AvgIpc) is 2.10. The van der Waals surface area contributed by atoms with Crippen LogP contribution in [0, 0.1) is 0 Å². The van der Waals surface area contributed by atoms with E-state index >= 15 is 0 Å². The van der Waals surface area contributed by atoms with Crippen LogP contribution < -0.4 is 5.32 Å². The van der Waals surface area contributed by atoms with Crippen molar-refractivity contribution in [3.8, 4) is 0 Å². The quantitative estimate of drug-likeness (QED) is 0.750. The number of hydrogen-bond acceptors (Lipinski definition) is 2. The molecule has 1 aromatic rings. The molecular formula is C9H12ClNO. The van der Waals surface area contributed by atoms with Gasteiger partial charge in [0, 0.05) is 5.02 Å². The van der Waals surface area contributed by atoms with Crippen molar-refractivity contribution in [2.24, 2.45) is 0 Å². The number of benzene rings is 1. The predicted octanol–water partition coefficient (Wildman–Crippen LogP) is 1.59. The summed E-state index contributed by atoms with van der Waals surface area (Å²) < 4.78 is 0. The van der Waals surface area contributed by atoms with Crippen LogP contribution in [0.5, 0.6) is 0 Å². The van der Waals surface area contributed by atoms with Gasteiger partial charge in [-0.15, -0.1) is 0 Å². The Morgan fingerprint density at radius 2 is 2.00 bits per heavy atom. The van der Waals surface area contributed by atoms with Crippen LogP contribution >= 0.6 is 11.6 Å². The summed E-state index contributed by atoms with van der Waals surface area (Å²) in [5.74, 6) is 0. The van der Waals surface area contributed by atoms with Gasteiger partial charge in [0.2, 0.25) is 0 Å². The SMILES string of the molecule is CN[C@H](CO)c1ccc(Cl)cc1. The molecule has 0 aliphatic heterocycles. The van der Waals surface area contributed by atoms with Gasteiger partial charge < -0.3 is 10.4 Å². The third kappa shape index (κ3) is 2.21. The fraction of sp³-hybridized carbons (Fsp3) is 0.333. The molecule has 0 aliphatic rings. The zero-order valence-corrected chi connectivity index (χ0v) is 7.67. The Labute approximate surface area is 77.2 Å². The molecule has 0 saturated carbocycles. The lowest BCUT2D eigenvalue weighted by atomic mass is 10.1. The lowest BCUT2D eigenvalue weighted by molar-refractivity contribution is 0.251. The van der Waals surface area contributed by atoms with E-state index in [2.05, 4.69) is 5.32 Å². The van der Waals surface area contributed by atoms with Crippen molar-refractivity contribution < 1.29 is 5.11 Å². The third-order valence-electron chi connectivity index (χ3n) is 1.80. The molecule has 0 radical (unpaired) electrons. The minimum atomic E-state index is 0.00210. The molecule has 0 amide bonds. The first-order valence-electron chi connectivity index (χ1n) is 3.81. The molecule has 0 heterocycles. The highest BCUT2D eigenvalue weighted by Crippen LogP contribution is 2.15. The predicted molar refractivity (Wildman–Crippen MR) is 50.3 cm³/mol. The molecule has 0 fully saturated rings. The van der Waals surface area contributed by atoms with E-state index in [4.69, 9.17) is 16.7 Å². The monoisotopic (exact) mass is 185 g/mol. The van der Waals surface area contributed by atoms with Crippen LogP contribution in [-0.2, 0) is 0 Å². The Bertz CT molecular complexity index is 231. The second kappa shape index (κ2) is 4.45. The van der Waals surface area contributed by atoms with Gasteiger partial charge in [0.25, 0.3) is 0 Å². The summed E-state index contributed by atoms with van der Waals surface area (Å²) in [6.45, 7) is 0.0954. The molecule has 0 aliphatic carbocycles. The van der Waals surface area contributed by atoms with Crippen LogP contribution in [0.2, 0.25) is 5.02 Å². The lowest BCUT2D eigenvalue weighted by Gasteiger charge is -2.12. The largest absolute Gasteiger partial charge is 0.394 e. The summed E-state index contributed by atoms with van der Waals surface area (Å²) in [5.41, 5.74) is 1.05. The van der Waals surface area contributed by atoms with Crippen molar-refractivity contribution in [1.82, 2.24) is 5.32 Å². The lowest BCUT2D eigenvalue weighted by Crippen LogP contribution is -2.19. The van der Waals surface area contributed by atoms with Crippen LogP contribution in [0.25, 0.3) is 0 Å². The molecule has 0 bridgehead atoms. The van der Waals surface area contributed by atoms with E-state index in [9.17, 15) is 0 Å². The standard InChI is InChI=1S/C9H12ClNO/c1-11-9(6-12)7-2-4-8(10)5-3-7/h2-5,9,11-12H,6H2,1H3/t9-/m1/s1. The molecule has 3 heteroatoms. The number of nitrogens with one attached hydrogen (secondary N) is 1. The zero-order valence-electron chi connectivity index (χ0n) is 6.92. The minimum absolute atomic E-state index is 0.00210. The first kappa shape index (κ1) is 9.52. The van der Waals surface area contributed by atoms with E-state index in [-0.39, 0.29) is 12.6 Å². The molecule has 0 unspecified atom stereocenters. The smallest absolute Gasteiger partial charge is 0.0626 e. The maximum atomic E-state index is 8.95. The summed E-state index contributed by atoms with van der Waals surface area (Å²) in [5, 5.41) is 12.7. The van der Waals surface area contributed by atoms with Gasteiger partial charge in [-0.25, -0.2) is 0 Å². The Morgan fingerprint density at radius 3 is 2.42 bits per heavy atom. The van der Waals surface area contributed by atoms with Gasteiger partial charge in [-0.1, -0.05) is 23.7 Å². The summed E-state index contributed by atoms with van der Waals surface area (Å²) >= 11 is 5.72. The molecule has 66 valence electrons. The van der Waals surface area contributed by atoms with E-state index in [0.717, 1.165) is 5.56 Å². The summed E-state index contributed by atoms with van der Waals surface area (Å²) in [7, 11) is 1.81. The highest BCUT2D eigenvalue weighted by molar-refractivity contribution is 6.30. The Morgan fingerprint density at radius 1 is 1.42 bits per heavy atom. The number of halogens is 1. The van der Waals surface area contributed by atoms with Gasteiger partial charge in [-0.3, -0.25) is 0 Å². The number of rotatable bonds is 3. The number of aliphatic hydroxyl groups excluding tert-OH is 1. The Balaban J connectivity index is 2.80. The van der Waals surface area contributed by atoms with Gasteiger partial charge in [0.15, 0.2) is 0 Å². The number of likely N-dealkylation sites (N-methyl/N-ethyl adjacent to an activating group) is 1. The van der Waals surface area contributed by atoms with Crippen molar-refractivity contribution in [2.45, 2.75) is 6.04 Å². The van der Waals surface area contributed by atoms with Crippen molar-refractivity contribution in [3.63, 3.8) is 0 Å². The van der Waals surface area contributed by atoms with Gasteiger partial charge in [0.05, 0.1) is 12.6 Å². The molecule has 1 rings (SSSR count). The third-order valence-corrected chi connectivity index (χ3v) is 2.06. The summed E-state index contributed by atoms with van der Waals surface area (Å²) in [6.07, 6.45) is 0. The highest BCUT2D eigenvalue weighted by atomic mass is 35.5. The normalized spacial score (nSPS) is 12.9. The number of hydrogen-bond donors (Lipinski definition) is 2. The van der Waals surface area contributed by atoms with Crippen LogP contribution in [0.3, 0.4) is 0 Å². The summed E-state index contributed by atoms with van der Waals surface area (Å²) in [4.78, 5) is 0. The Kier molecular flexibility index (Phi) is 3.53. The molecule has 1 atom stereocenters. The topological polar surface area (TPSA) is 32.3 Å². The van der Waals surface area contributed by atoms with Gasteiger partial charge in [-0.2, -0.15) is 0 Å². The molecule has 0 aromatic heterocycles. The second-order valence-corrected chi connectivity index (χ2v) is 3.01. The van der Waals surface area contributed by atoms with Gasteiger partial charge in [-0.05, 0) is 24.7 Å². The molecule has 2 N–H and O–H groups in total. The molecule has 12 heavy (non-hydrogen) atoms. The van der Waals surface area contributed by atoms with E-state index < -0.39 is 0 Å². The maximum absolute atomic E-state index is 8.95. The van der Waals surface area contributed by atoms with E-state index in [1.807, 2.05) is 31.3 Å². The zero-order chi connectivity index (χ0) is 8.97. The molecule has 2 nitrogen and oxygen atoms in total. The first-order chi connectivity index (χ1) is 5.77. The van der Waals surface area contributed by atoms with E-state index in [1.54, 1.807) is 0 Å². The maximum Gasteiger partial charge on any atom is 0.0626 e. The average molecular weight is 186 g/mol. The molecule has 1 aromatic carbocycles. The molecule has 0 saturated heterocycles. The highest BCUT2D eigenvalue weighted by Gasteiger charge is 2.05. The summed E-state index contributed by atoms with van der Waals surface area (Å²) in [6, 6.07) is 7.44. The van der Waals surface area contributed by atoms with Crippen molar-refractivity contribution in [1.29, 1.82) is 0 Å². The van der Waals surface area contributed by atoms with Gasteiger partial charge >= 0.3 is 0 Å². The van der Waals surface area contributed by atoms with Crippen LogP contribution in [0.1, 0.15) is 11.6 Å². The Hall–Kier alpha value is -0.570. The van der Waals surface area contributed by atoms with Crippen molar-refractivity contribution in [3.05, 3.63) is 34.9 Å². The van der Waals surface area contributed by atoms with E-state index in [0.29, 0.717) is 5.02 Å². The fourth-order valence-corrected chi connectivity index (χ4v) is 1.18. The molecular weight excluding hydrogens is 174 g/mol. The van der Waals surface area contributed by atoms with E-state index in [1.165, 1.54) is 0 Å². The molecule has 0 spiro atoms. The van der Waals surface area contributed by atoms with Crippen LogP contribution in [0.15, 0.2) is 24.3 Å². The van der Waals surface area contributed by atoms with Crippen molar-refractivity contribution in [2.75, 3.05) is 13.7 Å². The minimum Gasteiger partial charge on any atom is -0.394 e. The number of aliphatic hydroxyl groups is 1. The van der Waals surface area contributed by atoms with Gasteiger partial charge in [0.1, 0.15) is 0 Å². The first-order valence-corrected chi connectivity index (χ1v) is 4.19. The fourth-order valence-electron chi connectivity index (χ4n) is 1.06.